The number of carbonyl (C=O) groups is 1. The van der Waals surface area contributed by atoms with Crippen molar-refractivity contribution in [3.05, 3.63) is 28.8 Å². The lowest BCUT2D eigenvalue weighted by Crippen LogP contribution is -2.39. The van der Waals surface area contributed by atoms with Gasteiger partial charge in [0.15, 0.2) is 0 Å². The van der Waals surface area contributed by atoms with E-state index < -0.39 is 0 Å². The van der Waals surface area contributed by atoms with E-state index in [4.69, 9.17) is 0 Å². The fraction of sp³-hybridized carbons (Fsp3) is 0.562. The Labute approximate surface area is 115 Å². The highest BCUT2D eigenvalue weighted by molar-refractivity contribution is 6.00. The van der Waals surface area contributed by atoms with Gasteiger partial charge in [0, 0.05) is 18.3 Å². The Hall–Kier alpha value is -1.35. The molecule has 1 aliphatic carbocycles. The van der Waals surface area contributed by atoms with Gasteiger partial charge in [-0.25, -0.2) is 0 Å². The molecule has 1 aromatic rings. The molecule has 1 atom stereocenters. The van der Waals surface area contributed by atoms with Crippen LogP contribution >= 0.6 is 0 Å². The predicted octanol–water partition coefficient (Wildman–Crippen LogP) is 2.47. The van der Waals surface area contributed by atoms with E-state index in [0.717, 1.165) is 18.7 Å². The molecule has 3 rings (SSSR count). The van der Waals surface area contributed by atoms with Gasteiger partial charge in [-0.2, -0.15) is 0 Å². The van der Waals surface area contributed by atoms with E-state index in [1.165, 1.54) is 29.5 Å². The summed E-state index contributed by atoms with van der Waals surface area (Å²) in [5, 5.41) is 3.46. The predicted molar refractivity (Wildman–Crippen MR) is 77.6 cm³/mol. The van der Waals surface area contributed by atoms with Crippen LogP contribution in [0.4, 0.5) is 5.69 Å². The molecule has 3 heteroatoms. The number of amides is 1. The topological polar surface area (TPSA) is 32.3 Å². The molecule has 1 saturated heterocycles. The second-order valence-corrected chi connectivity index (χ2v) is 6.02. The number of nitrogens with zero attached hydrogens (tertiary/aromatic N) is 1. The van der Waals surface area contributed by atoms with Crippen molar-refractivity contribution in [1.29, 1.82) is 0 Å². The van der Waals surface area contributed by atoms with Crippen molar-refractivity contribution in [3.63, 3.8) is 0 Å². The van der Waals surface area contributed by atoms with Crippen LogP contribution in [0.5, 0.6) is 0 Å². The third kappa shape index (κ3) is 2.39. The van der Waals surface area contributed by atoms with E-state index in [0.29, 0.717) is 6.04 Å². The molecule has 1 unspecified atom stereocenters. The summed E-state index contributed by atoms with van der Waals surface area (Å²) >= 11 is 0. The molecule has 102 valence electrons. The quantitative estimate of drug-likeness (QED) is 0.903. The van der Waals surface area contributed by atoms with Gasteiger partial charge >= 0.3 is 0 Å². The lowest BCUT2D eigenvalue weighted by molar-refractivity contribution is -0.118. The molecule has 19 heavy (non-hydrogen) atoms. The number of nitrogens with one attached hydrogen (secondary N) is 1. The molecule has 2 aliphatic rings. The van der Waals surface area contributed by atoms with Gasteiger partial charge in [0.05, 0.1) is 6.04 Å². The first-order valence-electron chi connectivity index (χ1n) is 7.21. The molecule has 1 aromatic carbocycles. The number of aryl methyl sites for hydroxylation is 3. The van der Waals surface area contributed by atoms with Crippen LogP contribution < -0.4 is 10.2 Å². The smallest absolute Gasteiger partial charge is 0.244 e. The van der Waals surface area contributed by atoms with Crippen LogP contribution in [0, 0.1) is 20.8 Å². The number of rotatable bonds is 3. The van der Waals surface area contributed by atoms with E-state index in [2.05, 4.69) is 38.2 Å². The fourth-order valence-corrected chi connectivity index (χ4v) is 3.19. The monoisotopic (exact) mass is 258 g/mol. The summed E-state index contributed by atoms with van der Waals surface area (Å²) in [5.41, 5.74) is 4.80. The van der Waals surface area contributed by atoms with Crippen LogP contribution in [0.1, 0.15) is 36.0 Å². The molecule has 3 nitrogen and oxygen atoms in total. The van der Waals surface area contributed by atoms with Crippen LogP contribution in [0.15, 0.2) is 12.1 Å². The summed E-state index contributed by atoms with van der Waals surface area (Å²) in [6, 6.07) is 4.95. The molecular formula is C16H22N2O. The van der Waals surface area contributed by atoms with Gasteiger partial charge in [-0.15, -0.1) is 0 Å². The molecule has 1 amide bonds. The molecular weight excluding hydrogens is 236 g/mol. The zero-order chi connectivity index (χ0) is 13.6. The van der Waals surface area contributed by atoms with Crippen molar-refractivity contribution in [2.24, 2.45) is 0 Å². The fourth-order valence-electron chi connectivity index (χ4n) is 3.19. The van der Waals surface area contributed by atoms with Gasteiger partial charge < -0.3 is 10.2 Å². The lowest BCUT2D eigenvalue weighted by Gasteiger charge is -2.22. The normalized spacial score (nSPS) is 23.2. The second-order valence-electron chi connectivity index (χ2n) is 6.02. The first-order valence-corrected chi connectivity index (χ1v) is 7.21. The lowest BCUT2D eigenvalue weighted by atomic mass is 10.0. The average molecular weight is 258 g/mol. The maximum Gasteiger partial charge on any atom is 0.244 e. The van der Waals surface area contributed by atoms with Crippen LogP contribution in [-0.4, -0.2) is 24.5 Å². The molecule has 1 aliphatic heterocycles. The Morgan fingerprint density at radius 2 is 1.74 bits per heavy atom. The Morgan fingerprint density at radius 3 is 2.32 bits per heavy atom. The van der Waals surface area contributed by atoms with Crippen molar-refractivity contribution in [1.82, 2.24) is 5.32 Å². The SMILES string of the molecule is Cc1cc(C)c(N2CCC(NC3CC3)C2=O)c(C)c1. The van der Waals surface area contributed by atoms with E-state index in [1.807, 2.05) is 4.90 Å². The maximum atomic E-state index is 12.5. The van der Waals surface area contributed by atoms with E-state index in [-0.39, 0.29) is 11.9 Å². The van der Waals surface area contributed by atoms with E-state index in [1.54, 1.807) is 0 Å². The Bertz CT molecular complexity index is 496. The highest BCUT2D eigenvalue weighted by atomic mass is 16.2. The Balaban J connectivity index is 1.84. The standard InChI is InChI=1S/C16H22N2O/c1-10-8-11(2)15(12(3)9-10)18-7-6-14(16(18)19)17-13-4-5-13/h8-9,13-14,17H,4-7H2,1-3H3. The Kier molecular flexibility index (Phi) is 3.09. The molecule has 1 saturated carbocycles. The van der Waals surface area contributed by atoms with Crippen molar-refractivity contribution in [2.45, 2.75) is 52.1 Å². The molecule has 0 bridgehead atoms. The maximum absolute atomic E-state index is 12.5. The van der Waals surface area contributed by atoms with E-state index >= 15 is 0 Å². The zero-order valence-electron chi connectivity index (χ0n) is 12.0. The summed E-state index contributed by atoms with van der Waals surface area (Å²) in [6.45, 7) is 7.15. The first kappa shape index (κ1) is 12.7. The summed E-state index contributed by atoms with van der Waals surface area (Å²) < 4.78 is 0. The van der Waals surface area contributed by atoms with Crippen LogP contribution in [0.3, 0.4) is 0 Å². The molecule has 0 radical (unpaired) electrons. The number of hydrogen-bond donors (Lipinski definition) is 1. The Morgan fingerprint density at radius 1 is 1.11 bits per heavy atom. The average Bonchev–Trinajstić information content (AvgIpc) is 3.07. The third-order valence-electron chi connectivity index (χ3n) is 4.13. The number of carbonyl (C=O) groups excluding carboxylic acids is 1. The number of anilines is 1. The van der Waals surface area contributed by atoms with Crippen molar-refractivity contribution in [2.75, 3.05) is 11.4 Å². The van der Waals surface area contributed by atoms with Crippen molar-refractivity contribution >= 4 is 11.6 Å². The van der Waals surface area contributed by atoms with Crippen LogP contribution in [-0.2, 0) is 4.79 Å². The number of hydrogen-bond acceptors (Lipinski definition) is 2. The minimum Gasteiger partial charge on any atom is -0.310 e. The molecule has 0 spiro atoms. The molecule has 2 fully saturated rings. The summed E-state index contributed by atoms with van der Waals surface area (Å²) in [5.74, 6) is 0.252. The highest BCUT2D eigenvalue weighted by Gasteiger charge is 2.37. The minimum atomic E-state index is 0.0348. The third-order valence-corrected chi connectivity index (χ3v) is 4.13. The first-order chi connectivity index (χ1) is 9.06. The largest absolute Gasteiger partial charge is 0.310 e. The van der Waals surface area contributed by atoms with Crippen molar-refractivity contribution < 1.29 is 4.79 Å². The second kappa shape index (κ2) is 4.64. The highest BCUT2D eigenvalue weighted by Crippen LogP contribution is 2.31. The molecule has 1 N–H and O–H groups in total. The van der Waals surface area contributed by atoms with Gasteiger partial charge in [-0.05, 0) is 51.2 Å². The van der Waals surface area contributed by atoms with Crippen LogP contribution in [0.25, 0.3) is 0 Å². The van der Waals surface area contributed by atoms with E-state index in [9.17, 15) is 4.79 Å². The summed E-state index contributed by atoms with van der Waals surface area (Å²) in [6.07, 6.45) is 3.39. The molecule has 1 heterocycles. The van der Waals surface area contributed by atoms with Gasteiger partial charge in [0.25, 0.3) is 0 Å². The molecule has 0 aromatic heterocycles. The van der Waals surface area contributed by atoms with Crippen molar-refractivity contribution in [3.8, 4) is 0 Å². The zero-order valence-corrected chi connectivity index (χ0v) is 12.0. The summed E-state index contributed by atoms with van der Waals surface area (Å²) in [7, 11) is 0. The minimum absolute atomic E-state index is 0.0348. The van der Waals surface area contributed by atoms with Gasteiger partial charge in [-0.3, -0.25) is 4.79 Å². The van der Waals surface area contributed by atoms with Gasteiger partial charge in [0.1, 0.15) is 0 Å². The summed E-state index contributed by atoms with van der Waals surface area (Å²) in [4.78, 5) is 14.5. The van der Waals surface area contributed by atoms with Gasteiger partial charge in [0.2, 0.25) is 5.91 Å². The number of benzene rings is 1. The van der Waals surface area contributed by atoms with Gasteiger partial charge in [-0.1, -0.05) is 17.7 Å². The van der Waals surface area contributed by atoms with Crippen LogP contribution in [0.2, 0.25) is 0 Å².